The molecule has 0 N–H and O–H groups in total. The third kappa shape index (κ3) is 3.52. The van der Waals surface area contributed by atoms with Gasteiger partial charge in [0, 0.05) is 63.2 Å². The van der Waals surface area contributed by atoms with E-state index in [1.165, 1.54) is 5.56 Å². The van der Waals surface area contributed by atoms with Crippen molar-refractivity contribution in [3.05, 3.63) is 60.0 Å². The first kappa shape index (κ1) is 16.5. The van der Waals surface area contributed by atoms with Crippen LogP contribution in [0.1, 0.15) is 16.1 Å². The van der Waals surface area contributed by atoms with E-state index in [1.54, 1.807) is 6.07 Å². The van der Waals surface area contributed by atoms with E-state index in [0.717, 1.165) is 25.2 Å². The van der Waals surface area contributed by atoms with Crippen LogP contribution < -0.4 is 0 Å². The van der Waals surface area contributed by atoms with E-state index in [-0.39, 0.29) is 5.91 Å². The summed E-state index contributed by atoms with van der Waals surface area (Å²) in [6, 6.07) is 11.4. The standard InChI is InChI=1S/C19H21N5O2/c1-22-13-15(12-20-22)14-23-7-9-24(10-8-23)19(25)17-11-18(26-21-17)16-5-3-2-4-6-16/h2-6,11-13H,7-10,14H2,1H3. The fraction of sp³-hybridized carbons (Fsp3) is 0.316. The molecular formula is C19H21N5O2. The molecule has 0 aliphatic carbocycles. The van der Waals surface area contributed by atoms with Crippen molar-refractivity contribution in [3.63, 3.8) is 0 Å². The highest BCUT2D eigenvalue weighted by atomic mass is 16.5. The first-order valence-corrected chi connectivity index (χ1v) is 8.70. The lowest BCUT2D eigenvalue weighted by molar-refractivity contribution is 0.0618. The predicted molar refractivity (Wildman–Crippen MR) is 96.3 cm³/mol. The van der Waals surface area contributed by atoms with E-state index in [9.17, 15) is 4.79 Å². The summed E-state index contributed by atoms with van der Waals surface area (Å²) in [6.45, 7) is 3.91. The molecule has 0 radical (unpaired) electrons. The normalized spacial score (nSPS) is 15.3. The number of amides is 1. The van der Waals surface area contributed by atoms with E-state index in [0.29, 0.717) is 24.5 Å². The summed E-state index contributed by atoms with van der Waals surface area (Å²) < 4.78 is 7.16. The molecule has 1 fully saturated rings. The van der Waals surface area contributed by atoms with Gasteiger partial charge in [-0.1, -0.05) is 35.5 Å². The van der Waals surface area contributed by atoms with Gasteiger partial charge < -0.3 is 9.42 Å². The molecule has 7 heteroatoms. The van der Waals surface area contributed by atoms with Gasteiger partial charge in [0.2, 0.25) is 0 Å². The molecule has 1 aliphatic heterocycles. The third-order valence-corrected chi connectivity index (χ3v) is 4.61. The fourth-order valence-corrected chi connectivity index (χ4v) is 3.20. The van der Waals surface area contributed by atoms with Crippen LogP contribution in [0, 0.1) is 0 Å². The molecule has 0 atom stereocenters. The van der Waals surface area contributed by atoms with Crippen LogP contribution >= 0.6 is 0 Å². The van der Waals surface area contributed by atoms with Crippen LogP contribution in [0.5, 0.6) is 0 Å². The van der Waals surface area contributed by atoms with Gasteiger partial charge in [0.15, 0.2) is 11.5 Å². The maximum atomic E-state index is 12.7. The number of piperazine rings is 1. The molecule has 2 aromatic heterocycles. The molecule has 134 valence electrons. The Morgan fingerprint density at radius 3 is 2.62 bits per heavy atom. The molecule has 3 heterocycles. The van der Waals surface area contributed by atoms with Gasteiger partial charge in [0.1, 0.15) is 0 Å². The Morgan fingerprint density at radius 2 is 1.92 bits per heavy atom. The Labute approximate surface area is 151 Å². The topological polar surface area (TPSA) is 67.4 Å². The highest BCUT2D eigenvalue weighted by Crippen LogP contribution is 2.21. The van der Waals surface area contributed by atoms with Gasteiger partial charge in [-0.15, -0.1) is 0 Å². The zero-order valence-electron chi connectivity index (χ0n) is 14.7. The number of benzene rings is 1. The Morgan fingerprint density at radius 1 is 1.15 bits per heavy atom. The van der Waals surface area contributed by atoms with Crippen molar-refractivity contribution >= 4 is 5.91 Å². The van der Waals surface area contributed by atoms with Crippen molar-refractivity contribution in [1.29, 1.82) is 0 Å². The van der Waals surface area contributed by atoms with Crippen molar-refractivity contribution in [1.82, 2.24) is 24.7 Å². The molecule has 0 unspecified atom stereocenters. The number of carbonyl (C=O) groups is 1. The first-order valence-electron chi connectivity index (χ1n) is 8.70. The Bertz CT molecular complexity index is 878. The minimum atomic E-state index is -0.0723. The molecule has 26 heavy (non-hydrogen) atoms. The molecule has 0 bridgehead atoms. The SMILES string of the molecule is Cn1cc(CN2CCN(C(=O)c3cc(-c4ccccc4)on3)CC2)cn1. The largest absolute Gasteiger partial charge is 0.355 e. The fourth-order valence-electron chi connectivity index (χ4n) is 3.20. The number of rotatable bonds is 4. The van der Waals surface area contributed by atoms with Gasteiger partial charge >= 0.3 is 0 Å². The predicted octanol–water partition coefficient (Wildman–Crippen LogP) is 2.03. The van der Waals surface area contributed by atoms with Crippen LogP contribution in [-0.4, -0.2) is 56.8 Å². The smallest absolute Gasteiger partial charge is 0.276 e. The van der Waals surface area contributed by atoms with Crippen LogP contribution in [0.25, 0.3) is 11.3 Å². The van der Waals surface area contributed by atoms with Crippen LogP contribution in [-0.2, 0) is 13.6 Å². The Balaban J connectivity index is 1.36. The Kier molecular flexibility index (Phi) is 4.53. The molecule has 1 saturated heterocycles. The monoisotopic (exact) mass is 351 g/mol. The average Bonchev–Trinajstić information content (AvgIpc) is 3.32. The summed E-state index contributed by atoms with van der Waals surface area (Å²) in [4.78, 5) is 16.9. The minimum absolute atomic E-state index is 0.0723. The maximum absolute atomic E-state index is 12.7. The van der Waals surface area contributed by atoms with Gasteiger partial charge in [0.05, 0.1) is 6.20 Å². The molecule has 1 aliphatic rings. The first-order chi connectivity index (χ1) is 12.7. The van der Waals surface area contributed by atoms with E-state index in [2.05, 4.69) is 15.2 Å². The lowest BCUT2D eigenvalue weighted by atomic mass is 10.1. The quantitative estimate of drug-likeness (QED) is 0.719. The van der Waals surface area contributed by atoms with E-state index in [4.69, 9.17) is 4.52 Å². The molecule has 4 rings (SSSR count). The molecule has 1 amide bonds. The summed E-state index contributed by atoms with van der Waals surface area (Å²) in [5.74, 6) is 0.543. The van der Waals surface area contributed by atoms with Gasteiger partial charge in [-0.05, 0) is 0 Å². The van der Waals surface area contributed by atoms with E-state index < -0.39 is 0 Å². The number of hydrogen-bond acceptors (Lipinski definition) is 5. The van der Waals surface area contributed by atoms with E-state index >= 15 is 0 Å². The van der Waals surface area contributed by atoms with Crippen LogP contribution in [0.3, 0.4) is 0 Å². The number of hydrogen-bond donors (Lipinski definition) is 0. The molecule has 0 spiro atoms. The Hall–Kier alpha value is -2.93. The number of carbonyl (C=O) groups excluding carboxylic acids is 1. The molecule has 3 aromatic rings. The van der Waals surface area contributed by atoms with Crippen molar-refractivity contribution in [3.8, 4) is 11.3 Å². The molecule has 1 aromatic carbocycles. The van der Waals surface area contributed by atoms with Gasteiger partial charge in [-0.2, -0.15) is 5.10 Å². The lowest BCUT2D eigenvalue weighted by Gasteiger charge is -2.34. The maximum Gasteiger partial charge on any atom is 0.276 e. The zero-order chi connectivity index (χ0) is 17.9. The summed E-state index contributed by atoms with van der Waals surface area (Å²) in [5, 5.41) is 8.17. The summed E-state index contributed by atoms with van der Waals surface area (Å²) in [6.07, 6.45) is 3.91. The third-order valence-electron chi connectivity index (χ3n) is 4.61. The van der Waals surface area contributed by atoms with Crippen molar-refractivity contribution < 1.29 is 9.32 Å². The molecule has 7 nitrogen and oxygen atoms in total. The molecular weight excluding hydrogens is 330 g/mol. The van der Waals surface area contributed by atoms with Crippen molar-refractivity contribution in [2.24, 2.45) is 7.05 Å². The number of aromatic nitrogens is 3. The number of nitrogens with zero attached hydrogens (tertiary/aromatic N) is 5. The second kappa shape index (κ2) is 7.13. The van der Waals surface area contributed by atoms with Crippen LogP contribution in [0.15, 0.2) is 53.3 Å². The van der Waals surface area contributed by atoms with Crippen molar-refractivity contribution in [2.45, 2.75) is 6.54 Å². The summed E-state index contributed by atoms with van der Waals surface area (Å²) in [5.41, 5.74) is 2.47. The second-order valence-electron chi connectivity index (χ2n) is 6.53. The van der Waals surface area contributed by atoms with Crippen LogP contribution in [0.4, 0.5) is 0 Å². The van der Waals surface area contributed by atoms with Gasteiger partial charge in [0.25, 0.3) is 5.91 Å². The highest BCUT2D eigenvalue weighted by molar-refractivity contribution is 5.93. The van der Waals surface area contributed by atoms with Crippen molar-refractivity contribution in [2.75, 3.05) is 26.2 Å². The van der Waals surface area contributed by atoms with Gasteiger partial charge in [-0.25, -0.2) is 0 Å². The lowest BCUT2D eigenvalue weighted by Crippen LogP contribution is -2.48. The summed E-state index contributed by atoms with van der Waals surface area (Å²) >= 11 is 0. The van der Waals surface area contributed by atoms with Gasteiger partial charge in [-0.3, -0.25) is 14.4 Å². The number of aryl methyl sites for hydroxylation is 1. The van der Waals surface area contributed by atoms with Crippen LogP contribution in [0.2, 0.25) is 0 Å². The minimum Gasteiger partial charge on any atom is -0.355 e. The highest BCUT2D eigenvalue weighted by Gasteiger charge is 2.25. The molecule has 0 saturated carbocycles. The summed E-state index contributed by atoms with van der Waals surface area (Å²) in [7, 11) is 1.92. The average molecular weight is 351 g/mol. The zero-order valence-corrected chi connectivity index (χ0v) is 14.7. The second-order valence-corrected chi connectivity index (χ2v) is 6.53. The van der Waals surface area contributed by atoms with E-state index in [1.807, 2.05) is 59.4 Å².